The van der Waals surface area contributed by atoms with Crippen molar-refractivity contribution in [1.29, 1.82) is 0 Å². The summed E-state index contributed by atoms with van der Waals surface area (Å²) < 4.78 is 0. The molecule has 0 aromatic carbocycles. The van der Waals surface area contributed by atoms with Gasteiger partial charge in [-0.05, 0) is 61.5 Å². The van der Waals surface area contributed by atoms with Gasteiger partial charge in [-0.25, -0.2) is 0 Å². The topological polar surface area (TPSA) is 0 Å². The van der Waals surface area contributed by atoms with E-state index in [1.54, 1.807) is 15.3 Å². The fourth-order valence-electron chi connectivity index (χ4n) is 3.47. The monoisotopic (exact) mass is 220 g/mol. The molecule has 0 amide bonds. The van der Waals surface area contributed by atoms with E-state index in [2.05, 4.69) is 31.3 Å². The van der Waals surface area contributed by atoms with Crippen LogP contribution in [0.4, 0.5) is 0 Å². The Bertz CT molecular complexity index is 332. The summed E-state index contributed by atoms with van der Waals surface area (Å²) in [6.07, 6.45) is 7.04. The minimum atomic E-state index is 0.833. The highest BCUT2D eigenvalue weighted by Gasteiger charge is 2.38. The summed E-state index contributed by atoms with van der Waals surface area (Å²) in [5.74, 6) is 2.74. The van der Waals surface area contributed by atoms with Crippen molar-refractivity contribution in [2.75, 3.05) is 0 Å². The van der Waals surface area contributed by atoms with E-state index >= 15 is 0 Å². The molecule has 0 spiro atoms. The van der Waals surface area contributed by atoms with E-state index < -0.39 is 0 Å². The van der Waals surface area contributed by atoms with Crippen molar-refractivity contribution < 1.29 is 0 Å². The number of hydrogen-bond donors (Lipinski definition) is 0. The van der Waals surface area contributed by atoms with Crippen molar-refractivity contribution in [2.45, 2.75) is 63.7 Å². The maximum atomic E-state index is 2.56. The maximum absolute atomic E-state index is 2.56. The minimum absolute atomic E-state index is 0.833. The summed E-state index contributed by atoms with van der Waals surface area (Å²) in [5.41, 5.74) is 1.75. The van der Waals surface area contributed by atoms with Gasteiger partial charge in [0.2, 0.25) is 0 Å². The minimum Gasteiger partial charge on any atom is -0.145 e. The highest BCUT2D eigenvalue weighted by molar-refractivity contribution is 7.12. The third-order valence-corrected chi connectivity index (χ3v) is 5.92. The predicted molar refractivity (Wildman–Crippen MR) is 67.0 cm³/mol. The molecule has 1 aromatic heterocycles. The average Bonchev–Trinajstić information content (AvgIpc) is 2.90. The molecular weight excluding hydrogens is 200 g/mol. The predicted octanol–water partition coefficient (Wildman–Crippen LogP) is 5.02. The standard InChI is InChI=1S/C14H20S/c1-3-9(4-2)13-8-12-10-5-6-11(7-10)14(12)15-13/h8-11H,3-7H2,1-2H3. The van der Waals surface area contributed by atoms with Gasteiger partial charge in [0.25, 0.3) is 0 Å². The van der Waals surface area contributed by atoms with Crippen LogP contribution >= 0.6 is 11.3 Å². The van der Waals surface area contributed by atoms with Crippen molar-refractivity contribution >= 4 is 11.3 Å². The van der Waals surface area contributed by atoms with Crippen molar-refractivity contribution in [3.63, 3.8) is 0 Å². The first kappa shape index (κ1) is 9.89. The van der Waals surface area contributed by atoms with E-state index in [-0.39, 0.29) is 0 Å². The van der Waals surface area contributed by atoms with Crippen LogP contribution < -0.4 is 0 Å². The largest absolute Gasteiger partial charge is 0.145 e. The smallest absolute Gasteiger partial charge is 0.0114 e. The molecule has 0 aliphatic heterocycles. The molecule has 0 N–H and O–H groups in total. The Labute approximate surface area is 96.7 Å². The van der Waals surface area contributed by atoms with Gasteiger partial charge in [0.05, 0.1) is 0 Å². The first-order chi connectivity index (χ1) is 7.33. The lowest BCUT2D eigenvalue weighted by Gasteiger charge is -2.09. The van der Waals surface area contributed by atoms with E-state index in [0.717, 1.165) is 17.8 Å². The Morgan fingerprint density at radius 3 is 2.67 bits per heavy atom. The second kappa shape index (κ2) is 3.62. The Kier molecular flexibility index (Phi) is 2.39. The van der Waals surface area contributed by atoms with Crippen LogP contribution in [0.3, 0.4) is 0 Å². The molecule has 1 heteroatoms. The van der Waals surface area contributed by atoms with E-state index in [1.165, 1.54) is 32.1 Å². The molecule has 2 atom stereocenters. The molecule has 15 heavy (non-hydrogen) atoms. The third kappa shape index (κ3) is 1.39. The van der Waals surface area contributed by atoms with Gasteiger partial charge in [0.1, 0.15) is 0 Å². The molecule has 1 aromatic rings. The quantitative estimate of drug-likeness (QED) is 0.671. The summed E-state index contributed by atoms with van der Waals surface area (Å²) in [4.78, 5) is 3.45. The summed E-state index contributed by atoms with van der Waals surface area (Å²) in [6, 6.07) is 2.56. The molecule has 3 rings (SSSR count). The lowest BCUT2D eigenvalue weighted by atomic mass is 9.96. The van der Waals surface area contributed by atoms with Gasteiger partial charge in [-0.2, -0.15) is 0 Å². The summed E-state index contributed by atoms with van der Waals surface area (Å²) >= 11 is 2.14. The molecule has 0 radical (unpaired) electrons. The second-order valence-corrected chi connectivity index (χ2v) is 6.30. The Morgan fingerprint density at radius 1 is 1.27 bits per heavy atom. The number of hydrogen-bond acceptors (Lipinski definition) is 1. The van der Waals surface area contributed by atoms with Crippen LogP contribution in [0, 0.1) is 0 Å². The van der Waals surface area contributed by atoms with Crippen LogP contribution in [-0.4, -0.2) is 0 Å². The zero-order valence-electron chi connectivity index (χ0n) is 9.75. The first-order valence-corrected chi connectivity index (χ1v) is 7.28. The zero-order chi connectivity index (χ0) is 10.4. The van der Waals surface area contributed by atoms with Gasteiger partial charge in [0, 0.05) is 9.75 Å². The molecule has 2 aliphatic carbocycles. The average molecular weight is 220 g/mol. The summed E-state index contributed by atoms with van der Waals surface area (Å²) in [7, 11) is 0. The van der Waals surface area contributed by atoms with Gasteiger partial charge in [-0.3, -0.25) is 0 Å². The SMILES string of the molecule is CCC(CC)c1cc2c(s1)C1CCC2C1. The van der Waals surface area contributed by atoms with Crippen LogP contribution in [0.5, 0.6) is 0 Å². The molecule has 1 heterocycles. The lowest BCUT2D eigenvalue weighted by molar-refractivity contribution is 0.651. The molecule has 2 bridgehead atoms. The second-order valence-electron chi connectivity index (χ2n) is 5.19. The molecule has 82 valence electrons. The summed E-state index contributed by atoms with van der Waals surface area (Å²) in [6.45, 7) is 4.65. The molecular formula is C14H20S. The summed E-state index contributed by atoms with van der Waals surface area (Å²) in [5, 5.41) is 0. The molecule has 1 saturated carbocycles. The van der Waals surface area contributed by atoms with E-state index in [1.807, 2.05) is 0 Å². The fourth-order valence-corrected chi connectivity index (χ4v) is 5.14. The number of fused-ring (bicyclic) bond motifs is 5. The maximum Gasteiger partial charge on any atom is 0.0114 e. The van der Waals surface area contributed by atoms with Crippen LogP contribution in [0.15, 0.2) is 6.07 Å². The van der Waals surface area contributed by atoms with Crippen LogP contribution in [-0.2, 0) is 0 Å². The van der Waals surface area contributed by atoms with E-state index in [9.17, 15) is 0 Å². The van der Waals surface area contributed by atoms with Crippen LogP contribution in [0.1, 0.15) is 79.0 Å². The van der Waals surface area contributed by atoms with E-state index in [4.69, 9.17) is 0 Å². The Morgan fingerprint density at radius 2 is 2.00 bits per heavy atom. The normalized spacial score (nSPS) is 27.7. The van der Waals surface area contributed by atoms with Crippen LogP contribution in [0.2, 0.25) is 0 Å². The van der Waals surface area contributed by atoms with E-state index in [0.29, 0.717) is 0 Å². The van der Waals surface area contributed by atoms with Gasteiger partial charge in [0.15, 0.2) is 0 Å². The molecule has 2 unspecified atom stereocenters. The number of rotatable bonds is 3. The van der Waals surface area contributed by atoms with Gasteiger partial charge < -0.3 is 0 Å². The molecule has 0 nitrogen and oxygen atoms in total. The van der Waals surface area contributed by atoms with Gasteiger partial charge in [-0.1, -0.05) is 13.8 Å². The lowest BCUT2D eigenvalue weighted by Crippen LogP contribution is -1.92. The van der Waals surface area contributed by atoms with Crippen LogP contribution in [0.25, 0.3) is 0 Å². The molecule has 1 fully saturated rings. The van der Waals surface area contributed by atoms with Crippen molar-refractivity contribution in [2.24, 2.45) is 0 Å². The van der Waals surface area contributed by atoms with Crippen molar-refractivity contribution in [3.8, 4) is 0 Å². The zero-order valence-corrected chi connectivity index (χ0v) is 10.6. The molecule has 2 aliphatic rings. The number of thiophene rings is 1. The Balaban J connectivity index is 1.94. The van der Waals surface area contributed by atoms with Crippen molar-refractivity contribution in [1.82, 2.24) is 0 Å². The Hall–Kier alpha value is -0.300. The highest BCUT2D eigenvalue weighted by atomic mass is 32.1. The van der Waals surface area contributed by atoms with Gasteiger partial charge >= 0.3 is 0 Å². The third-order valence-electron chi connectivity index (χ3n) is 4.44. The first-order valence-electron chi connectivity index (χ1n) is 6.47. The fraction of sp³-hybridized carbons (Fsp3) is 0.714. The highest BCUT2D eigenvalue weighted by Crippen LogP contribution is 2.56. The molecule has 0 saturated heterocycles. The van der Waals surface area contributed by atoms with Gasteiger partial charge in [-0.15, -0.1) is 11.3 Å². The van der Waals surface area contributed by atoms with Crippen molar-refractivity contribution in [3.05, 3.63) is 21.4 Å².